The maximum absolute atomic E-state index is 5.96. The van der Waals surface area contributed by atoms with Gasteiger partial charge in [-0.2, -0.15) is 0 Å². The van der Waals surface area contributed by atoms with E-state index in [1.54, 1.807) is 38.6 Å². The molecule has 0 unspecified atom stereocenters. The zero-order valence-corrected chi connectivity index (χ0v) is 10.3. The Morgan fingerprint density at radius 1 is 1.24 bits per heavy atom. The van der Waals surface area contributed by atoms with Crippen LogP contribution in [-0.4, -0.2) is 19.2 Å². The van der Waals surface area contributed by atoms with Crippen LogP contribution < -0.4 is 9.47 Å². The predicted molar refractivity (Wildman–Crippen MR) is 66.6 cm³/mol. The number of benzene rings is 1. The highest BCUT2D eigenvalue weighted by molar-refractivity contribution is 6.30. The van der Waals surface area contributed by atoms with Gasteiger partial charge in [0.2, 0.25) is 5.88 Å². The van der Waals surface area contributed by atoms with Gasteiger partial charge in [-0.25, -0.2) is 4.98 Å². The van der Waals surface area contributed by atoms with Crippen molar-refractivity contribution < 1.29 is 9.47 Å². The van der Waals surface area contributed by atoms with E-state index in [4.69, 9.17) is 21.1 Å². The SMILES string of the molecule is COc1cc(-c2[c]ccc(Cl)c2)c(OC)cn1. The van der Waals surface area contributed by atoms with Crippen LogP contribution in [0.5, 0.6) is 11.6 Å². The van der Waals surface area contributed by atoms with Gasteiger partial charge in [0.15, 0.2) is 0 Å². The van der Waals surface area contributed by atoms with E-state index in [1.165, 1.54) is 0 Å². The van der Waals surface area contributed by atoms with E-state index in [1.807, 2.05) is 6.07 Å². The van der Waals surface area contributed by atoms with Gasteiger partial charge in [-0.05, 0) is 23.8 Å². The lowest BCUT2D eigenvalue weighted by Gasteiger charge is -2.09. The minimum absolute atomic E-state index is 0.522. The monoisotopic (exact) mass is 248 g/mol. The summed E-state index contributed by atoms with van der Waals surface area (Å²) < 4.78 is 10.4. The van der Waals surface area contributed by atoms with Gasteiger partial charge in [0.25, 0.3) is 0 Å². The Morgan fingerprint density at radius 3 is 2.71 bits per heavy atom. The second-order valence-electron chi connectivity index (χ2n) is 3.35. The Kier molecular flexibility index (Phi) is 3.49. The number of ether oxygens (including phenoxy) is 2. The summed E-state index contributed by atoms with van der Waals surface area (Å²) in [5, 5.41) is 0.650. The van der Waals surface area contributed by atoms with Crippen molar-refractivity contribution in [2.75, 3.05) is 14.2 Å². The van der Waals surface area contributed by atoms with E-state index in [0.29, 0.717) is 16.7 Å². The van der Waals surface area contributed by atoms with Gasteiger partial charge in [0.05, 0.1) is 20.4 Å². The number of methoxy groups -OCH3 is 2. The van der Waals surface area contributed by atoms with E-state index in [-0.39, 0.29) is 0 Å². The first kappa shape index (κ1) is 11.7. The molecule has 17 heavy (non-hydrogen) atoms. The second-order valence-corrected chi connectivity index (χ2v) is 3.78. The maximum Gasteiger partial charge on any atom is 0.213 e. The van der Waals surface area contributed by atoms with Crippen LogP contribution in [0, 0.1) is 6.07 Å². The van der Waals surface area contributed by atoms with Crippen molar-refractivity contribution in [2.24, 2.45) is 0 Å². The van der Waals surface area contributed by atoms with Gasteiger partial charge in [0, 0.05) is 16.7 Å². The lowest BCUT2D eigenvalue weighted by atomic mass is 10.1. The molecule has 0 saturated heterocycles. The molecule has 0 spiro atoms. The van der Waals surface area contributed by atoms with Crippen molar-refractivity contribution in [1.29, 1.82) is 0 Å². The van der Waals surface area contributed by atoms with Crippen LogP contribution in [0.2, 0.25) is 5.02 Å². The number of pyridine rings is 1. The average molecular weight is 249 g/mol. The third-order valence-corrected chi connectivity index (χ3v) is 2.56. The predicted octanol–water partition coefficient (Wildman–Crippen LogP) is 3.22. The number of hydrogen-bond acceptors (Lipinski definition) is 3. The second kappa shape index (κ2) is 5.06. The molecule has 2 aromatic rings. The largest absolute Gasteiger partial charge is 0.494 e. The number of halogens is 1. The van der Waals surface area contributed by atoms with E-state index >= 15 is 0 Å². The minimum Gasteiger partial charge on any atom is -0.494 e. The highest BCUT2D eigenvalue weighted by Crippen LogP contribution is 2.32. The van der Waals surface area contributed by atoms with Crippen molar-refractivity contribution in [1.82, 2.24) is 4.98 Å². The molecule has 1 radical (unpaired) electrons. The molecule has 0 atom stereocenters. The molecule has 2 rings (SSSR count). The summed E-state index contributed by atoms with van der Waals surface area (Å²) in [7, 11) is 3.16. The van der Waals surface area contributed by atoms with Crippen molar-refractivity contribution in [3.63, 3.8) is 0 Å². The number of aromatic nitrogens is 1. The zero-order valence-electron chi connectivity index (χ0n) is 9.53. The summed E-state index contributed by atoms with van der Waals surface area (Å²) in [5.41, 5.74) is 1.69. The molecule has 3 nitrogen and oxygen atoms in total. The normalized spacial score (nSPS) is 10.1. The molecule has 0 aliphatic rings. The first-order chi connectivity index (χ1) is 8.24. The molecule has 1 aromatic heterocycles. The number of hydrogen-bond donors (Lipinski definition) is 0. The molecule has 87 valence electrons. The molecule has 0 aliphatic heterocycles. The number of nitrogens with zero attached hydrogens (tertiary/aromatic N) is 1. The summed E-state index contributed by atoms with van der Waals surface area (Å²) in [6.45, 7) is 0. The molecule has 0 N–H and O–H groups in total. The van der Waals surface area contributed by atoms with Crippen LogP contribution in [0.1, 0.15) is 0 Å². The molecule has 0 amide bonds. The van der Waals surface area contributed by atoms with Crippen LogP contribution in [0.25, 0.3) is 11.1 Å². The fraction of sp³-hybridized carbons (Fsp3) is 0.154. The summed E-state index contributed by atoms with van der Waals surface area (Å²) >= 11 is 5.96. The van der Waals surface area contributed by atoms with Gasteiger partial charge in [0.1, 0.15) is 5.75 Å². The molecule has 4 heteroatoms. The fourth-order valence-corrected chi connectivity index (χ4v) is 1.67. The van der Waals surface area contributed by atoms with Crippen LogP contribution in [0.15, 0.2) is 30.5 Å². The first-order valence-electron chi connectivity index (χ1n) is 5.00. The van der Waals surface area contributed by atoms with Crippen molar-refractivity contribution >= 4 is 11.6 Å². The number of rotatable bonds is 3. The summed E-state index contributed by atoms with van der Waals surface area (Å²) in [4.78, 5) is 4.08. The van der Waals surface area contributed by atoms with E-state index in [2.05, 4.69) is 11.1 Å². The molecule has 0 saturated carbocycles. The van der Waals surface area contributed by atoms with Gasteiger partial charge >= 0.3 is 0 Å². The van der Waals surface area contributed by atoms with Gasteiger partial charge in [-0.3, -0.25) is 0 Å². The topological polar surface area (TPSA) is 31.4 Å². The highest BCUT2D eigenvalue weighted by Gasteiger charge is 2.09. The van der Waals surface area contributed by atoms with Crippen molar-refractivity contribution in [3.05, 3.63) is 41.6 Å². The minimum atomic E-state index is 0.522. The molecule has 1 aromatic carbocycles. The molecular formula is C13H11ClNO2. The Balaban J connectivity index is 2.56. The zero-order chi connectivity index (χ0) is 12.3. The standard InChI is InChI=1S/C13H11ClNO2/c1-16-12-8-15-13(17-2)7-11(12)9-4-3-5-10(14)6-9/h3,5-8H,1-2H3. The van der Waals surface area contributed by atoms with Gasteiger partial charge in [-0.1, -0.05) is 17.7 Å². The third-order valence-electron chi connectivity index (χ3n) is 2.33. The summed E-state index contributed by atoms with van der Waals surface area (Å²) in [6, 6.07) is 10.3. The van der Waals surface area contributed by atoms with Crippen LogP contribution in [0.4, 0.5) is 0 Å². The highest BCUT2D eigenvalue weighted by atomic mass is 35.5. The molecule has 1 heterocycles. The van der Waals surface area contributed by atoms with E-state index < -0.39 is 0 Å². The van der Waals surface area contributed by atoms with Crippen molar-refractivity contribution in [2.45, 2.75) is 0 Å². The summed E-state index contributed by atoms with van der Waals surface area (Å²) in [5.74, 6) is 1.18. The fourth-order valence-electron chi connectivity index (χ4n) is 1.50. The molecule has 0 fully saturated rings. The molecular weight excluding hydrogens is 238 g/mol. The first-order valence-corrected chi connectivity index (χ1v) is 5.38. The smallest absolute Gasteiger partial charge is 0.213 e. The van der Waals surface area contributed by atoms with Crippen molar-refractivity contribution in [3.8, 4) is 22.8 Å². The maximum atomic E-state index is 5.96. The summed E-state index contributed by atoms with van der Waals surface area (Å²) in [6.07, 6.45) is 1.61. The van der Waals surface area contributed by atoms with E-state index in [0.717, 1.165) is 11.1 Å². The van der Waals surface area contributed by atoms with Crippen LogP contribution in [0.3, 0.4) is 0 Å². The lowest BCUT2D eigenvalue weighted by molar-refractivity contribution is 0.388. The Bertz CT molecular complexity index is 529. The Labute approximate surface area is 105 Å². The van der Waals surface area contributed by atoms with Crippen LogP contribution in [-0.2, 0) is 0 Å². The van der Waals surface area contributed by atoms with Crippen LogP contribution >= 0.6 is 11.6 Å². The molecule has 0 aliphatic carbocycles. The lowest BCUT2D eigenvalue weighted by Crippen LogP contribution is -1.93. The van der Waals surface area contributed by atoms with Gasteiger partial charge in [-0.15, -0.1) is 0 Å². The van der Waals surface area contributed by atoms with Gasteiger partial charge < -0.3 is 9.47 Å². The Morgan fingerprint density at radius 2 is 2.06 bits per heavy atom. The quantitative estimate of drug-likeness (QED) is 0.836. The van der Waals surface area contributed by atoms with E-state index in [9.17, 15) is 0 Å². The molecule has 0 bridgehead atoms. The average Bonchev–Trinajstić information content (AvgIpc) is 2.38. The third kappa shape index (κ3) is 2.50. The Hall–Kier alpha value is -1.74.